The molecular formula is C21H24N2O6S2. The molecule has 0 aliphatic carbocycles. The van der Waals surface area contributed by atoms with E-state index in [-0.39, 0.29) is 11.3 Å². The molecule has 1 aromatic carbocycles. The first-order valence-electron chi connectivity index (χ1n) is 9.98. The zero-order chi connectivity index (χ0) is 22.3. The summed E-state index contributed by atoms with van der Waals surface area (Å²) in [6, 6.07) is 9.73. The lowest BCUT2D eigenvalue weighted by Crippen LogP contribution is -2.35. The number of nitrogens with zero attached hydrogens (tertiary/aromatic N) is 1. The number of thiophene rings is 1. The van der Waals surface area contributed by atoms with E-state index in [0.29, 0.717) is 24.4 Å². The molecule has 8 nitrogen and oxygen atoms in total. The highest BCUT2D eigenvalue weighted by Crippen LogP contribution is 2.21. The molecule has 31 heavy (non-hydrogen) atoms. The zero-order valence-corrected chi connectivity index (χ0v) is 18.5. The highest BCUT2D eigenvalue weighted by Gasteiger charge is 2.25. The van der Waals surface area contributed by atoms with Crippen molar-refractivity contribution >= 4 is 39.1 Å². The molecule has 0 spiro atoms. The summed E-state index contributed by atoms with van der Waals surface area (Å²) in [4.78, 5) is 36.0. The van der Waals surface area contributed by atoms with Crippen LogP contribution in [0.4, 0.5) is 0 Å². The van der Waals surface area contributed by atoms with E-state index in [4.69, 9.17) is 4.74 Å². The molecule has 0 unspecified atom stereocenters. The fourth-order valence-corrected chi connectivity index (χ4v) is 5.32. The molecule has 0 atom stereocenters. The highest BCUT2D eigenvalue weighted by molar-refractivity contribution is 7.89. The molecule has 0 radical (unpaired) electrons. The molecule has 2 heterocycles. The van der Waals surface area contributed by atoms with E-state index in [1.165, 1.54) is 15.6 Å². The lowest BCUT2D eigenvalue weighted by Gasteiger charge is -2.25. The van der Waals surface area contributed by atoms with Crippen LogP contribution < -0.4 is 5.32 Å². The predicted molar refractivity (Wildman–Crippen MR) is 115 cm³/mol. The summed E-state index contributed by atoms with van der Waals surface area (Å²) >= 11 is 1.20. The fraction of sp³-hybridized carbons (Fsp3) is 0.381. The minimum Gasteiger partial charge on any atom is -0.456 e. The normalized spacial score (nSPS) is 14.7. The molecule has 1 N–H and O–H groups in total. The van der Waals surface area contributed by atoms with Crippen LogP contribution in [0.3, 0.4) is 0 Å². The average molecular weight is 465 g/mol. The Kier molecular flexibility index (Phi) is 7.94. The van der Waals surface area contributed by atoms with Crippen LogP contribution in [0.1, 0.15) is 40.9 Å². The number of carbonyl (C=O) groups is 3. The third kappa shape index (κ3) is 6.46. The number of esters is 1. The van der Waals surface area contributed by atoms with E-state index in [0.717, 1.165) is 24.8 Å². The van der Waals surface area contributed by atoms with Crippen LogP contribution >= 0.6 is 11.3 Å². The number of hydrogen-bond donors (Lipinski definition) is 1. The molecule has 166 valence electrons. The Labute approximate surface area is 185 Å². The van der Waals surface area contributed by atoms with Gasteiger partial charge in [0, 0.05) is 19.5 Å². The van der Waals surface area contributed by atoms with Crippen LogP contribution in [0.15, 0.2) is 46.7 Å². The zero-order valence-electron chi connectivity index (χ0n) is 16.9. The van der Waals surface area contributed by atoms with Crippen LogP contribution in [-0.2, 0) is 30.8 Å². The predicted octanol–water partition coefficient (Wildman–Crippen LogP) is 2.36. The Hall–Kier alpha value is -2.56. The summed E-state index contributed by atoms with van der Waals surface area (Å²) in [6.45, 7) is 0.549. The van der Waals surface area contributed by atoms with Crippen molar-refractivity contribution < 1.29 is 27.5 Å². The van der Waals surface area contributed by atoms with E-state index in [1.807, 2.05) is 0 Å². The van der Waals surface area contributed by atoms with Crippen molar-refractivity contribution in [2.45, 2.75) is 37.0 Å². The molecule has 1 saturated heterocycles. The third-order valence-electron chi connectivity index (χ3n) is 4.86. The van der Waals surface area contributed by atoms with Gasteiger partial charge in [0.1, 0.15) is 0 Å². The second kappa shape index (κ2) is 10.7. The SMILES string of the molecule is O=C(COC(=O)CCc1ccc(S(=O)(=O)N2CCCCC2)cc1)NC(=O)c1cccs1. The molecule has 3 rings (SSSR count). The minimum atomic E-state index is -3.48. The molecule has 1 aliphatic heterocycles. The lowest BCUT2D eigenvalue weighted by molar-refractivity contribution is -0.148. The smallest absolute Gasteiger partial charge is 0.306 e. The van der Waals surface area contributed by atoms with Gasteiger partial charge in [0.2, 0.25) is 10.0 Å². The first-order chi connectivity index (χ1) is 14.9. The van der Waals surface area contributed by atoms with E-state index in [1.54, 1.807) is 41.8 Å². The number of piperidine rings is 1. The standard InChI is InChI=1S/C21H24N2O6S2/c24-19(22-21(26)18-5-4-14-30-18)15-29-20(25)11-8-16-6-9-17(10-7-16)31(27,28)23-12-2-1-3-13-23/h4-7,9-10,14H,1-3,8,11-13,15H2,(H,22,24,26). The topological polar surface area (TPSA) is 110 Å². The average Bonchev–Trinajstić information content (AvgIpc) is 3.32. The Balaban J connectivity index is 1.43. The molecule has 1 aromatic heterocycles. The monoisotopic (exact) mass is 464 g/mol. The summed E-state index contributed by atoms with van der Waals surface area (Å²) in [7, 11) is -3.48. The number of imide groups is 1. The van der Waals surface area contributed by atoms with Gasteiger partial charge >= 0.3 is 5.97 Å². The van der Waals surface area contributed by atoms with Crippen LogP contribution in [0.5, 0.6) is 0 Å². The van der Waals surface area contributed by atoms with Crippen LogP contribution in [0, 0.1) is 0 Å². The van der Waals surface area contributed by atoms with Gasteiger partial charge in [-0.05, 0) is 48.4 Å². The molecular weight excluding hydrogens is 440 g/mol. The lowest BCUT2D eigenvalue weighted by atomic mass is 10.1. The van der Waals surface area contributed by atoms with E-state index in [9.17, 15) is 22.8 Å². The quantitative estimate of drug-likeness (QED) is 0.601. The summed E-state index contributed by atoms with van der Waals surface area (Å²) in [5.74, 6) is -1.81. The molecule has 0 bridgehead atoms. The Morgan fingerprint density at radius 2 is 1.74 bits per heavy atom. The second-order valence-electron chi connectivity index (χ2n) is 7.12. The molecule has 2 amide bonds. The Morgan fingerprint density at radius 1 is 1.03 bits per heavy atom. The number of carbonyl (C=O) groups excluding carboxylic acids is 3. The van der Waals surface area contributed by atoms with Crippen LogP contribution in [-0.4, -0.2) is 50.2 Å². The van der Waals surface area contributed by atoms with Gasteiger partial charge < -0.3 is 4.74 Å². The maximum Gasteiger partial charge on any atom is 0.306 e. The van der Waals surface area contributed by atoms with Gasteiger partial charge in [-0.1, -0.05) is 24.6 Å². The third-order valence-corrected chi connectivity index (χ3v) is 7.64. The number of nitrogens with one attached hydrogen (secondary N) is 1. The van der Waals surface area contributed by atoms with Gasteiger partial charge in [-0.15, -0.1) is 11.3 Å². The number of ether oxygens (including phenoxy) is 1. The molecule has 10 heteroatoms. The Morgan fingerprint density at radius 3 is 2.39 bits per heavy atom. The maximum atomic E-state index is 12.7. The van der Waals surface area contributed by atoms with E-state index in [2.05, 4.69) is 5.32 Å². The van der Waals surface area contributed by atoms with Crippen molar-refractivity contribution in [2.24, 2.45) is 0 Å². The number of sulfonamides is 1. The van der Waals surface area contributed by atoms with Gasteiger partial charge in [0.15, 0.2) is 6.61 Å². The molecule has 2 aromatic rings. The number of aryl methyl sites for hydroxylation is 1. The van der Waals surface area contributed by atoms with Crippen LogP contribution in [0.2, 0.25) is 0 Å². The van der Waals surface area contributed by atoms with Gasteiger partial charge in [0.05, 0.1) is 9.77 Å². The number of amides is 2. The van der Waals surface area contributed by atoms with Gasteiger partial charge in [0.25, 0.3) is 11.8 Å². The first-order valence-corrected chi connectivity index (χ1v) is 12.3. The molecule has 1 aliphatic rings. The first kappa shape index (κ1) is 23.1. The van der Waals surface area contributed by atoms with Crippen molar-refractivity contribution in [3.8, 4) is 0 Å². The summed E-state index contributed by atoms with van der Waals surface area (Å²) in [5, 5.41) is 3.87. The van der Waals surface area contributed by atoms with Gasteiger partial charge in [-0.3, -0.25) is 19.7 Å². The van der Waals surface area contributed by atoms with E-state index >= 15 is 0 Å². The van der Waals surface area contributed by atoms with Crippen molar-refractivity contribution in [1.29, 1.82) is 0 Å². The van der Waals surface area contributed by atoms with Crippen molar-refractivity contribution in [3.63, 3.8) is 0 Å². The summed E-state index contributed by atoms with van der Waals surface area (Å²) in [6.07, 6.45) is 3.18. The van der Waals surface area contributed by atoms with Crippen molar-refractivity contribution in [1.82, 2.24) is 9.62 Å². The van der Waals surface area contributed by atoms with Crippen molar-refractivity contribution in [2.75, 3.05) is 19.7 Å². The number of hydrogen-bond acceptors (Lipinski definition) is 7. The largest absolute Gasteiger partial charge is 0.456 e. The minimum absolute atomic E-state index is 0.0321. The van der Waals surface area contributed by atoms with Crippen molar-refractivity contribution in [3.05, 3.63) is 52.2 Å². The Bertz CT molecular complexity index is 1010. The summed E-state index contributed by atoms with van der Waals surface area (Å²) in [5.41, 5.74) is 0.784. The summed E-state index contributed by atoms with van der Waals surface area (Å²) < 4.78 is 31.7. The second-order valence-corrected chi connectivity index (χ2v) is 10.0. The van der Waals surface area contributed by atoms with Crippen LogP contribution in [0.25, 0.3) is 0 Å². The molecule has 0 saturated carbocycles. The molecule has 1 fully saturated rings. The fourth-order valence-electron chi connectivity index (χ4n) is 3.18. The maximum absolute atomic E-state index is 12.7. The number of rotatable bonds is 8. The highest BCUT2D eigenvalue weighted by atomic mass is 32.2. The van der Waals surface area contributed by atoms with Gasteiger partial charge in [-0.25, -0.2) is 8.42 Å². The number of benzene rings is 1. The van der Waals surface area contributed by atoms with Gasteiger partial charge in [-0.2, -0.15) is 4.31 Å². The van der Waals surface area contributed by atoms with E-state index < -0.39 is 34.4 Å².